The summed E-state index contributed by atoms with van der Waals surface area (Å²) in [6.07, 6.45) is 4.08. The van der Waals surface area contributed by atoms with Crippen LogP contribution in [0.1, 0.15) is 24.8 Å². The summed E-state index contributed by atoms with van der Waals surface area (Å²) in [5, 5.41) is 19.3. The number of phenols is 1. The third-order valence-electron chi connectivity index (χ3n) is 3.19. The molecular weight excluding hydrogens is 216 g/mol. The van der Waals surface area contributed by atoms with Crippen molar-refractivity contribution in [2.24, 2.45) is 0 Å². The number of aliphatic hydroxyl groups is 1. The van der Waals surface area contributed by atoms with Gasteiger partial charge < -0.3 is 14.8 Å². The van der Waals surface area contributed by atoms with Crippen molar-refractivity contribution in [1.82, 2.24) is 9.55 Å². The summed E-state index contributed by atoms with van der Waals surface area (Å²) in [4.78, 5) is 4.37. The molecule has 0 saturated carbocycles. The molecule has 1 aromatic carbocycles. The number of fused-ring (bicyclic) bond motifs is 1. The number of imidazole rings is 1. The molecule has 0 bridgehead atoms. The molecule has 1 aliphatic rings. The van der Waals surface area contributed by atoms with Gasteiger partial charge in [-0.25, -0.2) is 4.98 Å². The lowest BCUT2D eigenvalue weighted by Crippen LogP contribution is -2.17. The van der Waals surface area contributed by atoms with E-state index in [-0.39, 0.29) is 5.75 Å². The van der Waals surface area contributed by atoms with Crippen LogP contribution in [0.4, 0.5) is 0 Å². The summed E-state index contributed by atoms with van der Waals surface area (Å²) in [6, 6.07) is 6.89. The van der Waals surface area contributed by atoms with E-state index in [2.05, 4.69) is 4.98 Å². The number of aromatic nitrogens is 2. The lowest BCUT2D eigenvalue weighted by molar-refractivity contribution is 0.0807. The Morgan fingerprint density at radius 1 is 1.24 bits per heavy atom. The molecule has 88 valence electrons. The Bertz CT molecular complexity index is 531. The average Bonchev–Trinajstić information content (AvgIpc) is 2.75. The molecule has 2 N–H and O–H groups in total. The predicted octanol–water partition coefficient (Wildman–Crippen LogP) is 2.08. The Balaban J connectivity index is 2.09. The molecule has 0 spiro atoms. The molecule has 2 aromatic rings. The van der Waals surface area contributed by atoms with Crippen LogP contribution >= 0.6 is 0 Å². The fourth-order valence-corrected chi connectivity index (χ4v) is 2.33. The second-order valence-corrected chi connectivity index (χ2v) is 4.36. The van der Waals surface area contributed by atoms with Crippen LogP contribution in [-0.4, -0.2) is 19.8 Å². The van der Waals surface area contributed by atoms with Gasteiger partial charge in [0.1, 0.15) is 17.8 Å². The van der Waals surface area contributed by atoms with Gasteiger partial charge in [-0.15, -0.1) is 0 Å². The minimum absolute atomic E-state index is 0.236. The van der Waals surface area contributed by atoms with Crippen LogP contribution in [0.2, 0.25) is 0 Å². The Labute approximate surface area is 99.2 Å². The van der Waals surface area contributed by atoms with Crippen LogP contribution < -0.4 is 0 Å². The highest BCUT2D eigenvalue weighted by Crippen LogP contribution is 2.30. The molecule has 0 saturated heterocycles. The largest absolute Gasteiger partial charge is 0.508 e. The molecule has 0 fully saturated rings. The van der Waals surface area contributed by atoms with Crippen molar-refractivity contribution in [2.45, 2.75) is 25.5 Å². The number of aromatic hydroxyl groups is 1. The molecule has 0 amide bonds. The number of benzene rings is 1. The number of aryl methyl sites for hydroxylation is 1. The van der Waals surface area contributed by atoms with Gasteiger partial charge in [0.15, 0.2) is 0 Å². The molecule has 1 atom stereocenters. The summed E-state index contributed by atoms with van der Waals surface area (Å²) in [7, 11) is 0. The van der Waals surface area contributed by atoms with E-state index in [1.807, 2.05) is 22.9 Å². The van der Waals surface area contributed by atoms with Gasteiger partial charge >= 0.3 is 0 Å². The van der Waals surface area contributed by atoms with Crippen molar-refractivity contribution in [3.05, 3.63) is 36.2 Å². The second kappa shape index (κ2) is 3.89. The minimum atomic E-state index is -0.481. The van der Waals surface area contributed by atoms with Gasteiger partial charge in [0.2, 0.25) is 0 Å². The Morgan fingerprint density at radius 2 is 2.00 bits per heavy atom. The Morgan fingerprint density at radius 3 is 2.76 bits per heavy atom. The van der Waals surface area contributed by atoms with Crippen molar-refractivity contribution in [2.75, 3.05) is 0 Å². The molecule has 1 aromatic heterocycles. The smallest absolute Gasteiger partial charge is 0.142 e. The maximum absolute atomic E-state index is 10.0. The number of aliphatic hydroxyl groups excluding tert-OH is 1. The van der Waals surface area contributed by atoms with Crippen molar-refractivity contribution in [3.8, 4) is 17.1 Å². The van der Waals surface area contributed by atoms with Crippen molar-refractivity contribution >= 4 is 0 Å². The van der Waals surface area contributed by atoms with E-state index in [1.165, 1.54) is 0 Å². The lowest BCUT2D eigenvalue weighted by atomic mass is 10.1. The van der Waals surface area contributed by atoms with Crippen molar-refractivity contribution in [1.29, 1.82) is 0 Å². The summed E-state index contributed by atoms with van der Waals surface area (Å²) < 4.78 is 1.88. The molecule has 2 heterocycles. The fraction of sp³-hybridized carbons (Fsp3) is 0.308. The highest BCUT2D eigenvalue weighted by atomic mass is 16.3. The quantitative estimate of drug-likeness (QED) is 0.788. The Hall–Kier alpha value is -1.81. The number of hydrogen-bond acceptors (Lipinski definition) is 3. The third kappa shape index (κ3) is 1.70. The SMILES string of the molecule is Oc1ccc(-c2ncc3n2C(O)CCC3)cc1. The molecular formula is C13H14N2O2. The van der Waals surface area contributed by atoms with Gasteiger partial charge in [-0.05, 0) is 43.5 Å². The molecule has 0 radical (unpaired) electrons. The van der Waals surface area contributed by atoms with Gasteiger partial charge in [0, 0.05) is 17.5 Å². The maximum Gasteiger partial charge on any atom is 0.142 e. The zero-order chi connectivity index (χ0) is 11.8. The van der Waals surface area contributed by atoms with Crippen molar-refractivity contribution in [3.63, 3.8) is 0 Å². The van der Waals surface area contributed by atoms with E-state index >= 15 is 0 Å². The summed E-state index contributed by atoms with van der Waals surface area (Å²) in [5.41, 5.74) is 1.99. The molecule has 4 nitrogen and oxygen atoms in total. The zero-order valence-corrected chi connectivity index (χ0v) is 9.37. The van der Waals surface area contributed by atoms with Crippen LogP contribution in [0, 0.1) is 0 Å². The first-order valence-electron chi connectivity index (χ1n) is 5.79. The number of hydrogen-bond donors (Lipinski definition) is 2. The van der Waals surface area contributed by atoms with Crippen LogP contribution in [0.3, 0.4) is 0 Å². The van der Waals surface area contributed by atoms with E-state index in [9.17, 15) is 10.2 Å². The topological polar surface area (TPSA) is 58.3 Å². The molecule has 4 heteroatoms. The predicted molar refractivity (Wildman–Crippen MR) is 63.5 cm³/mol. The highest BCUT2D eigenvalue weighted by molar-refractivity contribution is 5.57. The first-order valence-corrected chi connectivity index (χ1v) is 5.79. The van der Waals surface area contributed by atoms with Gasteiger partial charge in [-0.1, -0.05) is 0 Å². The lowest BCUT2D eigenvalue weighted by Gasteiger charge is -2.22. The first kappa shape index (κ1) is 10.4. The minimum Gasteiger partial charge on any atom is -0.508 e. The molecule has 0 aliphatic carbocycles. The number of rotatable bonds is 1. The Kier molecular flexibility index (Phi) is 2.37. The van der Waals surface area contributed by atoms with E-state index < -0.39 is 6.23 Å². The monoisotopic (exact) mass is 230 g/mol. The van der Waals surface area contributed by atoms with E-state index in [0.29, 0.717) is 0 Å². The van der Waals surface area contributed by atoms with Crippen molar-refractivity contribution < 1.29 is 10.2 Å². The van der Waals surface area contributed by atoms with Gasteiger partial charge in [-0.3, -0.25) is 0 Å². The van der Waals surface area contributed by atoms with Crippen LogP contribution in [0.15, 0.2) is 30.5 Å². The van der Waals surface area contributed by atoms with Gasteiger partial charge in [0.05, 0.1) is 0 Å². The maximum atomic E-state index is 10.0. The number of nitrogens with zero attached hydrogens (tertiary/aromatic N) is 2. The third-order valence-corrected chi connectivity index (χ3v) is 3.19. The standard InChI is InChI=1S/C13H14N2O2/c16-11-6-4-9(5-7-11)13-14-8-10-2-1-3-12(17)15(10)13/h4-8,12,16-17H,1-3H2. The number of phenolic OH excluding ortho intramolecular Hbond substituents is 1. The van der Waals surface area contributed by atoms with E-state index in [1.54, 1.807) is 12.1 Å². The molecule has 17 heavy (non-hydrogen) atoms. The van der Waals surface area contributed by atoms with Crippen LogP contribution in [0.25, 0.3) is 11.4 Å². The average molecular weight is 230 g/mol. The normalized spacial score (nSPS) is 19.0. The van der Waals surface area contributed by atoms with E-state index in [4.69, 9.17) is 0 Å². The van der Waals surface area contributed by atoms with Gasteiger partial charge in [0.25, 0.3) is 0 Å². The first-order chi connectivity index (χ1) is 8.25. The van der Waals surface area contributed by atoms with E-state index in [0.717, 1.165) is 36.3 Å². The summed E-state index contributed by atoms with van der Waals surface area (Å²) in [5.74, 6) is 1.01. The van der Waals surface area contributed by atoms with Crippen LogP contribution in [0.5, 0.6) is 5.75 Å². The summed E-state index contributed by atoms with van der Waals surface area (Å²) in [6.45, 7) is 0. The van der Waals surface area contributed by atoms with Crippen LogP contribution in [-0.2, 0) is 6.42 Å². The fourth-order valence-electron chi connectivity index (χ4n) is 2.33. The zero-order valence-electron chi connectivity index (χ0n) is 9.37. The molecule has 1 aliphatic heterocycles. The van der Waals surface area contributed by atoms with Gasteiger partial charge in [-0.2, -0.15) is 0 Å². The molecule has 1 unspecified atom stereocenters. The summed E-state index contributed by atoms with van der Waals surface area (Å²) >= 11 is 0. The highest BCUT2D eigenvalue weighted by Gasteiger charge is 2.21. The molecule has 3 rings (SSSR count). The second-order valence-electron chi connectivity index (χ2n) is 4.36.